The van der Waals surface area contributed by atoms with Crippen molar-refractivity contribution in [3.8, 4) is 0 Å². The summed E-state index contributed by atoms with van der Waals surface area (Å²) in [5.74, 6) is 0.385. The lowest BCUT2D eigenvalue weighted by atomic mass is 10.0. The molecule has 0 saturated carbocycles. The van der Waals surface area contributed by atoms with Crippen LogP contribution in [0.3, 0.4) is 0 Å². The Bertz CT molecular complexity index is 466. The number of aromatic nitrogens is 3. The minimum Gasteiger partial charge on any atom is -0.309 e. The summed E-state index contributed by atoms with van der Waals surface area (Å²) in [6, 6.07) is 4.14. The number of hydrogen-bond donors (Lipinski definition) is 1. The molecular weight excluding hydrogens is 232 g/mol. The average Bonchev–Trinajstić information content (AvgIpc) is 2.81. The van der Waals surface area contributed by atoms with E-state index in [4.69, 9.17) is 0 Å². The van der Waals surface area contributed by atoms with E-state index in [1.54, 1.807) is 6.20 Å². The van der Waals surface area contributed by atoms with E-state index >= 15 is 0 Å². The fourth-order valence-corrected chi connectivity index (χ4v) is 2.75. The van der Waals surface area contributed by atoms with Crippen molar-refractivity contribution < 1.29 is 0 Å². The molecule has 90 valence electrons. The van der Waals surface area contributed by atoms with Gasteiger partial charge in [-0.05, 0) is 36.1 Å². The third-order valence-corrected chi connectivity index (χ3v) is 3.46. The monoisotopic (exact) mass is 248 g/mol. The normalized spacial score (nSPS) is 12.9. The topological polar surface area (TPSA) is 50.7 Å². The molecule has 4 nitrogen and oxygen atoms in total. The molecule has 1 N–H and O–H groups in total. The Morgan fingerprint density at radius 1 is 1.35 bits per heavy atom. The van der Waals surface area contributed by atoms with Gasteiger partial charge in [-0.15, -0.1) is 5.10 Å². The fourth-order valence-electron chi connectivity index (χ4n) is 1.80. The quantitative estimate of drug-likeness (QED) is 0.902. The lowest BCUT2D eigenvalue weighted by Gasteiger charge is -2.16. The SMILES string of the molecule is CNC(c1cccnc1)c1snnc1C(C)C. The first-order valence-electron chi connectivity index (χ1n) is 5.63. The van der Waals surface area contributed by atoms with E-state index in [1.165, 1.54) is 16.4 Å². The molecule has 1 unspecified atom stereocenters. The maximum absolute atomic E-state index is 4.22. The summed E-state index contributed by atoms with van der Waals surface area (Å²) in [5.41, 5.74) is 2.21. The predicted octanol–water partition coefficient (Wildman–Crippen LogP) is 2.37. The third-order valence-electron chi connectivity index (χ3n) is 2.66. The minimum atomic E-state index is 0.126. The van der Waals surface area contributed by atoms with Crippen molar-refractivity contribution in [2.45, 2.75) is 25.8 Å². The maximum atomic E-state index is 4.22. The number of rotatable bonds is 4. The van der Waals surface area contributed by atoms with Gasteiger partial charge in [0, 0.05) is 12.4 Å². The zero-order valence-corrected chi connectivity index (χ0v) is 11.0. The predicted molar refractivity (Wildman–Crippen MR) is 69.1 cm³/mol. The molecule has 17 heavy (non-hydrogen) atoms. The molecule has 0 saturated heterocycles. The van der Waals surface area contributed by atoms with E-state index in [9.17, 15) is 0 Å². The summed E-state index contributed by atoms with van der Waals surface area (Å²) in [5, 5.41) is 7.52. The molecular formula is C12H16N4S. The van der Waals surface area contributed by atoms with Crippen molar-refractivity contribution >= 4 is 11.5 Å². The van der Waals surface area contributed by atoms with E-state index in [0.29, 0.717) is 5.92 Å². The summed E-state index contributed by atoms with van der Waals surface area (Å²) in [4.78, 5) is 5.34. The average molecular weight is 248 g/mol. The van der Waals surface area contributed by atoms with E-state index < -0.39 is 0 Å². The van der Waals surface area contributed by atoms with Crippen LogP contribution in [0.15, 0.2) is 24.5 Å². The maximum Gasteiger partial charge on any atom is 0.0832 e. The van der Waals surface area contributed by atoms with Gasteiger partial charge in [0.1, 0.15) is 0 Å². The molecule has 0 fully saturated rings. The molecule has 1 atom stereocenters. The van der Waals surface area contributed by atoms with E-state index in [2.05, 4.69) is 39.8 Å². The largest absolute Gasteiger partial charge is 0.309 e. The van der Waals surface area contributed by atoms with Crippen LogP contribution >= 0.6 is 11.5 Å². The Morgan fingerprint density at radius 3 is 2.76 bits per heavy atom. The zero-order valence-electron chi connectivity index (χ0n) is 10.2. The molecule has 0 aromatic carbocycles. The Morgan fingerprint density at radius 2 is 2.18 bits per heavy atom. The first-order valence-corrected chi connectivity index (χ1v) is 6.40. The molecule has 0 aliphatic carbocycles. The number of nitrogens with one attached hydrogen (secondary N) is 1. The minimum absolute atomic E-state index is 0.126. The van der Waals surface area contributed by atoms with Gasteiger partial charge < -0.3 is 5.32 Å². The van der Waals surface area contributed by atoms with Crippen LogP contribution in [0, 0.1) is 0 Å². The van der Waals surface area contributed by atoms with Gasteiger partial charge in [-0.1, -0.05) is 24.4 Å². The van der Waals surface area contributed by atoms with Crippen molar-refractivity contribution in [2.24, 2.45) is 0 Å². The third kappa shape index (κ3) is 2.50. The summed E-state index contributed by atoms with van der Waals surface area (Å²) in [7, 11) is 1.95. The lowest BCUT2D eigenvalue weighted by molar-refractivity contribution is 0.676. The van der Waals surface area contributed by atoms with Crippen LogP contribution < -0.4 is 5.32 Å². The molecule has 0 bridgehead atoms. The van der Waals surface area contributed by atoms with Crippen LogP contribution in [0.2, 0.25) is 0 Å². The number of nitrogens with zero attached hydrogens (tertiary/aromatic N) is 3. The molecule has 0 aliphatic rings. The smallest absolute Gasteiger partial charge is 0.0832 e. The van der Waals surface area contributed by atoms with Crippen molar-refractivity contribution in [1.82, 2.24) is 19.9 Å². The first kappa shape index (κ1) is 12.1. The van der Waals surface area contributed by atoms with E-state index in [0.717, 1.165) is 11.3 Å². The van der Waals surface area contributed by atoms with Crippen LogP contribution in [0.5, 0.6) is 0 Å². The van der Waals surface area contributed by atoms with E-state index in [1.807, 2.05) is 19.3 Å². The van der Waals surface area contributed by atoms with E-state index in [-0.39, 0.29) is 6.04 Å². The van der Waals surface area contributed by atoms with Crippen molar-refractivity contribution in [1.29, 1.82) is 0 Å². The zero-order chi connectivity index (χ0) is 12.3. The molecule has 2 aromatic heterocycles. The van der Waals surface area contributed by atoms with Gasteiger partial charge in [0.05, 0.1) is 16.6 Å². The van der Waals surface area contributed by atoms with Crippen molar-refractivity contribution in [2.75, 3.05) is 7.05 Å². The van der Waals surface area contributed by atoms with Gasteiger partial charge in [-0.25, -0.2) is 0 Å². The Labute approximate surface area is 105 Å². The molecule has 2 aromatic rings. The van der Waals surface area contributed by atoms with Crippen LogP contribution in [0.25, 0.3) is 0 Å². The molecule has 0 spiro atoms. The first-order chi connectivity index (χ1) is 8.24. The Balaban J connectivity index is 2.39. The Kier molecular flexibility index (Phi) is 3.81. The summed E-state index contributed by atoms with van der Waals surface area (Å²) in [6.45, 7) is 4.27. The lowest BCUT2D eigenvalue weighted by Crippen LogP contribution is -2.18. The highest BCUT2D eigenvalue weighted by Gasteiger charge is 2.21. The van der Waals surface area contributed by atoms with Gasteiger partial charge >= 0.3 is 0 Å². The summed E-state index contributed by atoms with van der Waals surface area (Å²) >= 11 is 1.45. The number of pyridine rings is 1. The highest BCUT2D eigenvalue weighted by Crippen LogP contribution is 2.29. The molecule has 2 heterocycles. The van der Waals surface area contributed by atoms with Gasteiger partial charge in [0.2, 0.25) is 0 Å². The molecule has 0 aliphatic heterocycles. The second-order valence-electron chi connectivity index (χ2n) is 4.19. The number of hydrogen-bond acceptors (Lipinski definition) is 5. The van der Waals surface area contributed by atoms with Gasteiger partial charge in [-0.3, -0.25) is 4.98 Å². The van der Waals surface area contributed by atoms with Gasteiger partial charge in [-0.2, -0.15) is 0 Å². The standard InChI is InChI=1S/C12H16N4S/c1-8(2)10-12(17-16-15-10)11(13-3)9-5-4-6-14-7-9/h4-8,11,13H,1-3H3. The van der Waals surface area contributed by atoms with Gasteiger partial charge in [0.25, 0.3) is 0 Å². The molecule has 2 rings (SSSR count). The van der Waals surface area contributed by atoms with Crippen molar-refractivity contribution in [3.63, 3.8) is 0 Å². The van der Waals surface area contributed by atoms with Crippen LogP contribution in [0.4, 0.5) is 0 Å². The highest BCUT2D eigenvalue weighted by molar-refractivity contribution is 7.05. The van der Waals surface area contributed by atoms with Crippen molar-refractivity contribution in [3.05, 3.63) is 40.7 Å². The summed E-state index contributed by atoms with van der Waals surface area (Å²) in [6.07, 6.45) is 3.66. The molecule has 5 heteroatoms. The molecule has 0 amide bonds. The molecule has 0 radical (unpaired) electrons. The van der Waals surface area contributed by atoms with Crippen LogP contribution in [-0.2, 0) is 0 Å². The fraction of sp³-hybridized carbons (Fsp3) is 0.417. The van der Waals surface area contributed by atoms with Crippen LogP contribution in [-0.4, -0.2) is 21.6 Å². The second-order valence-corrected chi connectivity index (χ2v) is 4.97. The highest BCUT2D eigenvalue weighted by atomic mass is 32.1. The van der Waals surface area contributed by atoms with Gasteiger partial charge in [0.15, 0.2) is 0 Å². The second kappa shape index (κ2) is 5.33. The Hall–Kier alpha value is -1.33. The summed E-state index contributed by atoms with van der Waals surface area (Å²) < 4.78 is 4.07. The van der Waals surface area contributed by atoms with Crippen LogP contribution in [0.1, 0.15) is 41.9 Å².